The van der Waals surface area contributed by atoms with E-state index in [1.54, 1.807) is 7.11 Å². The molecule has 1 unspecified atom stereocenters. The molecule has 0 heterocycles. The van der Waals surface area contributed by atoms with Crippen LogP contribution in [0.1, 0.15) is 6.92 Å². The van der Waals surface area contributed by atoms with Crippen LogP contribution in [0.25, 0.3) is 0 Å². The maximum Gasteiger partial charge on any atom is 0.156 e. The van der Waals surface area contributed by atoms with Gasteiger partial charge in [0, 0.05) is 0 Å². The van der Waals surface area contributed by atoms with E-state index in [-0.39, 0.29) is 6.10 Å². The van der Waals surface area contributed by atoms with Gasteiger partial charge in [-0.3, -0.25) is 0 Å². The molecule has 13 heavy (non-hydrogen) atoms. The molecule has 1 aromatic carbocycles. The molecule has 0 bridgehead atoms. The van der Waals surface area contributed by atoms with E-state index in [1.165, 1.54) is 0 Å². The second kappa shape index (κ2) is 4.42. The predicted octanol–water partition coefficient (Wildman–Crippen LogP) is 2.10. The molecule has 0 N–H and O–H groups in total. The number of rotatable bonds is 3. The van der Waals surface area contributed by atoms with Crippen molar-refractivity contribution in [2.45, 2.75) is 13.0 Å². The Bertz CT molecular complexity index is 295. The smallest absolute Gasteiger partial charge is 0.156 e. The Morgan fingerprint density at radius 3 is 2.23 bits per heavy atom. The van der Waals surface area contributed by atoms with Crippen molar-refractivity contribution >= 4 is 0 Å². The van der Waals surface area contributed by atoms with Crippen molar-refractivity contribution in [1.82, 2.24) is 0 Å². The number of hydrogen-bond donors (Lipinski definition) is 0. The van der Waals surface area contributed by atoms with Gasteiger partial charge in [0.1, 0.15) is 11.5 Å². The van der Waals surface area contributed by atoms with Crippen LogP contribution in [0.2, 0.25) is 0 Å². The molecule has 0 saturated carbocycles. The first-order chi connectivity index (χ1) is 6.26. The molecule has 0 spiro atoms. The Balaban J connectivity index is 2.65. The molecule has 0 aliphatic carbocycles. The van der Waals surface area contributed by atoms with Crippen molar-refractivity contribution in [3.8, 4) is 23.8 Å². The van der Waals surface area contributed by atoms with Crippen molar-refractivity contribution in [2.75, 3.05) is 7.11 Å². The van der Waals surface area contributed by atoms with Crippen LogP contribution < -0.4 is 9.47 Å². The number of benzene rings is 1. The normalized spacial score (nSPS) is 11.5. The summed E-state index contributed by atoms with van der Waals surface area (Å²) in [5, 5.41) is 0. The molecule has 0 fully saturated rings. The minimum Gasteiger partial charge on any atom is -0.497 e. The highest BCUT2D eigenvalue weighted by Crippen LogP contribution is 2.17. The van der Waals surface area contributed by atoms with E-state index in [0.717, 1.165) is 11.5 Å². The number of methoxy groups -OCH3 is 1. The second-order valence-corrected chi connectivity index (χ2v) is 2.60. The Hall–Kier alpha value is -1.62. The summed E-state index contributed by atoms with van der Waals surface area (Å²) in [6.45, 7) is 1.82. The molecule has 1 atom stereocenters. The first kappa shape index (κ1) is 9.47. The van der Waals surface area contributed by atoms with E-state index in [2.05, 4.69) is 5.92 Å². The Morgan fingerprint density at radius 2 is 1.77 bits per heavy atom. The predicted molar refractivity (Wildman–Crippen MR) is 51.9 cm³/mol. The first-order valence-corrected chi connectivity index (χ1v) is 4.03. The summed E-state index contributed by atoms with van der Waals surface area (Å²) >= 11 is 0. The first-order valence-electron chi connectivity index (χ1n) is 4.03. The van der Waals surface area contributed by atoms with Crippen LogP contribution >= 0.6 is 0 Å². The molecule has 0 aliphatic rings. The van der Waals surface area contributed by atoms with Gasteiger partial charge in [-0.2, -0.15) is 0 Å². The van der Waals surface area contributed by atoms with Gasteiger partial charge in [0.25, 0.3) is 0 Å². The van der Waals surface area contributed by atoms with Gasteiger partial charge in [0.15, 0.2) is 6.10 Å². The molecule has 2 heteroatoms. The number of terminal acetylenes is 1. The maximum atomic E-state index is 5.37. The molecule has 1 aromatic rings. The monoisotopic (exact) mass is 176 g/mol. The maximum absolute atomic E-state index is 5.37. The summed E-state index contributed by atoms with van der Waals surface area (Å²) in [5.41, 5.74) is 0. The molecule has 1 rings (SSSR count). The molecule has 0 aromatic heterocycles. The van der Waals surface area contributed by atoms with Gasteiger partial charge >= 0.3 is 0 Å². The fourth-order valence-corrected chi connectivity index (χ4v) is 0.892. The molecular formula is C11H12O2. The third-order valence-corrected chi connectivity index (χ3v) is 1.61. The van der Waals surface area contributed by atoms with E-state index < -0.39 is 0 Å². The molecule has 68 valence electrons. The van der Waals surface area contributed by atoms with Crippen LogP contribution in [0, 0.1) is 12.3 Å². The molecule has 0 amide bonds. The van der Waals surface area contributed by atoms with Gasteiger partial charge in [-0.25, -0.2) is 0 Å². The fourth-order valence-electron chi connectivity index (χ4n) is 0.892. The molecule has 0 radical (unpaired) electrons. The van der Waals surface area contributed by atoms with E-state index in [0.29, 0.717) is 0 Å². The highest BCUT2D eigenvalue weighted by molar-refractivity contribution is 5.31. The second-order valence-electron chi connectivity index (χ2n) is 2.60. The van der Waals surface area contributed by atoms with E-state index in [1.807, 2.05) is 31.2 Å². The van der Waals surface area contributed by atoms with Crippen molar-refractivity contribution in [3.05, 3.63) is 24.3 Å². The minimum atomic E-state index is -0.201. The third-order valence-electron chi connectivity index (χ3n) is 1.61. The summed E-state index contributed by atoms with van der Waals surface area (Å²) < 4.78 is 10.4. The van der Waals surface area contributed by atoms with Gasteiger partial charge in [-0.15, -0.1) is 6.42 Å². The fraction of sp³-hybridized carbons (Fsp3) is 0.273. The number of hydrogen-bond acceptors (Lipinski definition) is 2. The SMILES string of the molecule is C#CC(C)Oc1ccc(OC)cc1. The van der Waals surface area contributed by atoms with E-state index >= 15 is 0 Å². The lowest BCUT2D eigenvalue weighted by Crippen LogP contribution is -2.07. The van der Waals surface area contributed by atoms with E-state index in [4.69, 9.17) is 15.9 Å². The molecule has 0 aliphatic heterocycles. The van der Waals surface area contributed by atoms with Gasteiger partial charge in [0.2, 0.25) is 0 Å². The molecule has 2 nitrogen and oxygen atoms in total. The van der Waals surface area contributed by atoms with Crippen LogP contribution in [-0.4, -0.2) is 13.2 Å². The number of ether oxygens (including phenoxy) is 2. The zero-order valence-corrected chi connectivity index (χ0v) is 7.78. The summed E-state index contributed by atoms with van der Waals surface area (Å²) in [6, 6.07) is 7.32. The minimum absolute atomic E-state index is 0.201. The highest BCUT2D eigenvalue weighted by Gasteiger charge is 1.98. The van der Waals surface area contributed by atoms with Crippen LogP contribution in [-0.2, 0) is 0 Å². The van der Waals surface area contributed by atoms with Gasteiger partial charge in [0.05, 0.1) is 7.11 Å². The quantitative estimate of drug-likeness (QED) is 0.656. The lowest BCUT2D eigenvalue weighted by molar-refractivity contribution is 0.278. The summed E-state index contributed by atoms with van der Waals surface area (Å²) in [4.78, 5) is 0. The summed E-state index contributed by atoms with van der Waals surface area (Å²) in [7, 11) is 1.62. The third kappa shape index (κ3) is 2.72. The Morgan fingerprint density at radius 1 is 1.23 bits per heavy atom. The van der Waals surface area contributed by atoms with Crippen LogP contribution in [0.3, 0.4) is 0 Å². The summed E-state index contributed by atoms with van der Waals surface area (Å²) in [6.07, 6.45) is 4.98. The standard InChI is InChI=1S/C11H12O2/c1-4-9(2)13-11-7-5-10(12-3)6-8-11/h1,5-9H,2-3H3. The largest absolute Gasteiger partial charge is 0.497 e. The van der Waals surface area contributed by atoms with Crippen molar-refractivity contribution in [3.63, 3.8) is 0 Å². The average Bonchev–Trinajstić information content (AvgIpc) is 2.19. The van der Waals surface area contributed by atoms with Gasteiger partial charge < -0.3 is 9.47 Å². The Labute approximate surface area is 78.5 Å². The topological polar surface area (TPSA) is 18.5 Å². The molecular weight excluding hydrogens is 164 g/mol. The van der Waals surface area contributed by atoms with Crippen LogP contribution in [0.15, 0.2) is 24.3 Å². The van der Waals surface area contributed by atoms with Crippen molar-refractivity contribution in [2.24, 2.45) is 0 Å². The van der Waals surface area contributed by atoms with Gasteiger partial charge in [-0.05, 0) is 31.2 Å². The zero-order valence-electron chi connectivity index (χ0n) is 7.78. The van der Waals surface area contributed by atoms with Crippen LogP contribution in [0.5, 0.6) is 11.5 Å². The average molecular weight is 176 g/mol. The van der Waals surface area contributed by atoms with Crippen molar-refractivity contribution in [1.29, 1.82) is 0 Å². The lowest BCUT2D eigenvalue weighted by Gasteiger charge is -2.08. The highest BCUT2D eigenvalue weighted by atomic mass is 16.5. The Kier molecular flexibility index (Phi) is 3.22. The zero-order chi connectivity index (χ0) is 9.68. The van der Waals surface area contributed by atoms with E-state index in [9.17, 15) is 0 Å². The van der Waals surface area contributed by atoms with Crippen LogP contribution in [0.4, 0.5) is 0 Å². The summed E-state index contributed by atoms with van der Waals surface area (Å²) in [5.74, 6) is 4.05. The molecule has 0 saturated heterocycles. The van der Waals surface area contributed by atoms with Gasteiger partial charge in [-0.1, -0.05) is 5.92 Å². The van der Waals surface area contributed by atoms with Crippen molar-refractivity contribution < 1.29 is 9.47 Å². The lowest BCUT2D eigenvalue weighted by atomic mass is 10.3.